The van der Waals surface area contributed by atoms with Crippen molar-refractivity contribution in [3.63, 3.8) is 0 Å². The van der Waals surface area contributed by atoms with Crippen LogP contribution in [-0.2, 0) is 10.5 Å². The summed E-state index contributed by atoms with van der Waals surface area (Å²) in [4.78, 5) is 12.1. The van der Waals surface area contributed by atoms with Gasteiger partial charge in [0.2, 0.25) is 0 Å². The minimum absolute atomic E-state index is 0.00971. The van der Waals surface area contributed by atoms with Gasteiger partial charge in [-0.3, -0.25) is 4.79 Å². The first kappa shape index (κ1) is 17.1. The van der Waals surface area contributed by atoms with Crippen molar-refractivity contribution in [1.82, 2.24) is 5.43 Å². The van der Waals surface area contributed by atoms with Gasteiger partial charge in [-0.1, -0.05) is 49.6 Å². The van der Waals surface area contributed by atoms with Crippen LogP contribution in [0.5, 0.6) is 0 Å². The molecule has 1 aromatic rings. The lowest BCUT2D eigenvalue weighted by Crippen LogP contribution is -2.28. The number of carbonyl (C=O) groups is 1. The highest BCUT2D eigenvalue weighted by Gasteiger charge is 2.13. The molecule has 2 rings (SSSR count). The Bertz CT molecular complexity index is 477. The summed E-state index contributed by atoms with van der Waals surface area (Å²) in [5.41, 5.74) is 5.17. The maximum Gasteiger partial charge on any atom is 0.252 e. The van der Waals surface area contributed by atoms with Gasteiger partial charge < -0.3 is 0 Å². The Labute approximate surface area is 138 Å². The Kier molecular flexibility index (Phi) is 7.50. The first-order valence-corrected chi connectivity index (χ1v) is 9.31. The molecule has 1 aliphatic rings. The van der Waals surface area contributed by atoms with E-state index in [-0.39, 0.29) is 11.2 Å². The minimum atomic E-state index is -0.0851. The van der Waals surface area contributed by atoms with Crippen molar-refractivity contribution >= 4 is 23.4 Å². The Morgan fingerprint density at radius 3 is 2.45 bits per heavy atom. The smallest absolute Gasteiger partial charge is 0.252 e. The molecule has 1 fully saturated rings. The number of benzene rings is 1. The number of hydrazone groups is 1. The second-order valence-corrected chi connectivity index (χ2v) is 7.19. The van der Waals surface area contributed by atoms with E-state index in [1.54, 1.807) is 11.8 Å². The van der Waals surface area contributed by atoms with Gasteiger partial charge in [0.15, 0.2) is 0 Å². The highest BCUT2D eigenvalue weighted by atomic mass is 32.2. The van der Waals surface area contributed by atoms with E-state index in [0.717, 1.165) is 24.3 Å². The number of hydrogen-bond acceptors (Lipinski definition) is 3. The molecule has 0 aliphatic heterocycles. The fourth-order valence-electron chi connectivity index (χ4n) is 2.52. The first-order valence-electron chi connectivity index (χ1n) is 8.26. The maximum absolute atomic E-state index is 12.1. The Balaban J connectivity index is 1.75. The summed E-state index contributed by atoms with van der Waals surface area (Å²) in [6.07, 6.45) is 8.39. The third-order valence-electron chi connectivity index (χ3n) is 3.97. The van der Waals surface area contributed by atoms with Gasteiger partial charge in [-0.15, -0.1) is 11.8 Å². The van der Waals surface area contributed by atoms with E-state index in [4.69, 9.17) is 0 Å². The van der Waals surface area contributed by atoms with Gasteiger partial charge in [-0.05, 0) is 38.2 Å². The minimum Gasteiger partial charge on any atom is -0.272 e. The molecule has 0 aromatic heterocycles. The fraction of sp³-hybridized carbons (Fsp3) is 0.556. The van der Waals surface area contributed by atoms with Gasteiger partial charge in [0.05, 0.1) is 5.25 Å². The summed E-state index contributed by atoms with van der Waals surface area (Å²) in [7, 11) is 0. The van der Waals surface area contributed by atoms with E-state index in [1.807, 2.05) is 25.1 Å². The van der Waals surface area contributed by atoms with Crippen molar-refractivity contribution in [3.8, 4) is 0 Å². The van der Waals surface area contributed by atoms with Crippen LogP contribution in [0.25, 0.3) is 0 Å². The first-order chi connectivity index (χ1) is 10.8. The Morgan fingerprint density at radius 2 is 1.77 bits per heavy atom. The zero-order chi connectivity index (χ0) is 15.6. The van der Waals surface area contributed by atoms with Gasteiger partial charge in [-0.25, -0.2) is 5.43 Å². The molecule has 1 unspecified atom stereocenters. The van der Waals surface area contributed by atoms with E-state index in [0.29, 0.717) is 0 Å². The second kappa shape index (κ2) is 9.67. The molecule has 1 aromatic carbocycles. The van der Waals surface area contributed by atoms with E-state index in [1.165, 1.54) is 37.7 Å². The van der Waals surface area contributed by atoms with Crippen molar-refractivity contribution in [3.05, 3.63) is 35.9 Å². The lowest BCUT2D eigenvalue weighted by atomic mass is 9.99. The van der Waals surface area contributed by atoms with Gasteiger partial charge in [0.1, 0.15) is 0 Å². The average Bonchev–Trinajstić information content (AvgIpc) is 2.52. The number of hydrogen-bond donors (Lipinski definition) is 1. The predicted octanol–water partition coefficient (Wildman–Crippen LogP) is 4.52. The van der Waals surface area contributed by atoms with E-state index >= 15 is 0 Å². The lowest BCUT2D eigenvalue weighted by molar-refractivity contribution is -0.120. The van der Waals surface area contributed by atoms with Crippen LogP contribution in [0, 0.1) is 0 Å². The van der Waals surface area contributed by atoms with E-state index in [9.17, 15) is 4.79 Å². The number of rotatable bonds is 5. The Hall–Kier alpha value is -1.29. The lowest BCUT2D eigenvalue weighted by Gasteiger charge is -2.13. The molecule has 1 aliphatic carbocycles. The zero-order valence-corrected chi connectivity index (χ0v) is 14.2. The van der Waals surface area contributed by atoms with Gasteiger partial charge in [0, 0.05) is 11.5 Å². The predicted molar refractivity (Wildman–Crippen MR) is 95.1 cm³/mol. The molecule has 0 heterocycles. The van der Waals surface area contributed by atoms with Crippen molar-refractivity contribution in [2.45, 2.75) is 62.9 Å². The molecule has 0 spiro atoms. The molecule has 120 valence electrons. The van der Waals surface area contributed by atoms with E-state index < -0.39 is 0 Å². The van der Waals surface area contributed by atoms with Gasteiger partial charge in [-0.2, -0.15) is 5.10 Å². The van der Waals surface area contributed by atoms with Crippen LogP contribution in [0.1, 0.15) is 57.4 Å². The summed E-state index contributed by atoms with van der Waals surface area (Å²) < 4.78 is 0. The van der Waals surface area contributed by atoms with Crippen LogP contribution in [-0.4, -0.2) is 16.9 Å². The molecule has 22 heavy (non-hydrogen) atoms. The van der Waals surface area contributed by atoms with Crippen LogP contribution in [0.2, 0.25) is 0 Å². The zero-order valence-electron chi connectivity index (χ0n) is 13.4. The highest BCUT2D eigenvalue weighted by Crippen LogP contribution is 2.18. The molecule has 1 N–H and O–H groups in total. The molecule has 0 saturated heterocycles. The summed E-state index contributed by atoms with van der Waals surface area (Å²) in [5.74, 6) is 0.863. The molecule has 1 saturated carbocycles. The molecule has 4 heteroatoms. The molecular formula is C18H26N2OS. The molecule has 1 amide bonds. The topological polar surface area (TPSA) is 41.5 Å². The monoisotopic (exact) mass is 318 g/mol. The summed E-state index contributed by atoms with van der Waals surface area (Å²) >= 11 is 1.65. The number of thioether (sulfide) groups is 1. The van der Waals surface area contributed by atoms with Crippen molar-refractivity contribution < 1.29 is 4.79 Å². The normalized spacial score (nSPS) is 17.2. The molecular weight excluding hydrogens is 292 g/mol. The maximum atomic E-state index is 12.1. The van der Waals surface area contributed by atoms with Gasteiger partial charge >= 0.3 is 0 Å². The number of carbonyl (C=O) groups excluding carboxylic acids is 1. The fourth-order valence-corrected chi connectivity index (χ4v) is 3.36. The van der Waals surface area contributed by atoms with Crippen LogP contribution in [0.15, 0.2) is 35.4 Å². The van der Waals surface area contributed by atoms with Crippen molar-refractivity contribution in [2.24, 2.45) is 5.10 Å². The van der Waals surface area contributed by atoms with Gasteiger partial charge in [0.25, 0.3) is 5.91 Å². The molecule has 0 radical (unpaired) electrons. The summed E-state index contributed by atoms with van der Waals surface area (Å²) in [6.45, 7) is 1.95. The average molecular weight is 318 g/mol. The van der Waals surface area contributed by atoms with Crippen LogP contribution < -0.4 is 5.43 Å². The SMILES string of the molecule is CC(SCc1ccccc1)C(=O)NN=C1CCCCCCC1. The summed E-state index contributed by atoms with van der Waals surface area (Å²) in [5, 5.41) is 4.28. The van der Waals surface area contributed by atoms with Crippen LogP contribution in [0.4, 0.5) is 0 Å². The molecule has 0 bridgehead atoms. The third-order valence-corrected chi connectivity index (χ3v) is 5.18. The number of amides is 1. The number of nitrogens with zero attached hydrogens (tertiary/aromatic N) is 1. The molecule has 1 atom stereocenters. The number of nitrogens with one attached hydrogen (secondary N) is 1. The van der Waals surface area contributed by atoms with Crippen molar-refractivity contribution in [1.29, 1.82) is 0 Å². The van der Waals surface area contributed by atoms with Crippen LogP contribution in [0.3, 0.4) is 0 Å². The van der Waals surface area contributed by atoms with Crippen molar-refractivity contribution in [2.75, 3.05) is 0 Å². The standard InChI is InChI=1S/C18H26N2OS/c1-15(22-14-16-10-6-5-7-11-16)18(21)20-19-17-12-8-3-2-4-9-13-17/h5-7,10-11,15H,2-4,8-9,12-14H2,1H3,(H,20,21). The highest BCUT2D eigenvalue weighted by molar-refractivity contribution is 7.99. The second-order valence-electron chi connectivity index (χ2n) is 5.86. The quantitative estimate of drug-likeness (QED) is 0.811. The van der Waals surface area contributed by atoms with E-state index in [2.05, 4.69) is 22.7 Å². The molecule has 3 nitrogen and oxygen atoms in total. The largest absolute Gasteiger partial charge is 0.272 e. The summed E-state index contributed by atoms with van der Waals surface area (Å²) in [6, 6.07) is 10.2. The Morgan fingerprint density at radius 1 is 1.14 bits per heavy atom. The van der Waals surface area contributed by atoms with Crippen LogP contribution >= 0.6 is 11.8 Å². The third kappa shape index (κ3) is 6.22.